The molecule has 0 aromatic heterocycles. The minimum absolute atomic E-state index is 0.273. The normalized spacial score (nSPS) is 12.6. The quantitative estimate of drug-likeness (QED) is 0.733. The lowest BCUT2D eigenvalue weighted by Gasteiger charge is -2.23. The largest absolute Gasteiger partial charge is 0.465 e. The van der Waals surface area contributed by atoms with Gasteiger partial charge in [-0.1, -0.05) is 23.8 Å². The molecule has 102 valence electrons. The van der Waals surface area contributed by atoms with Crippen LogP contribution in [0.15, 0.2) is 30.3 Å². The molecule has 2 heteroatoms. The Morgan fingerprint density at radius 2 is 1.80 bits per heavy atom. The van der Waals surface area contributed by atoms with Gasteiger partial charge < -0.3 is 4.74 Å². The van der Waals surface area contributed by atoms with Crippen LogP contribution in [0.1, 0.15) is 32.6 Å². The average Bonchev–Trinajstić information content (AvgIpc) is 2.44. The maximum absolute atomic E-state index is 11.7. The van der Waals surface area contributed by atoms with Crippen molar-refractivity contribution in [1.29, 1.82) is 0 Å². The van der Waals surface area contributed by atoms with E-state index < -0.39 is 0 Å². The Kier molecular flexibility index (Phi) is 3.09. The zero-order chi connectivity index (χ0) is 14.3. The van der Waals surface area contributed by atoms with Crippen LogP contribution in [-0.4, -0.2) is 13.1 Å². The number of rotatable bonds is 1. The second-order valence-corrected chi connectivity index (χ2v) is 5.48. The van der Waals surface area contributed by atoms with E-state index in [2.05, 4.69) is 32.0 Å². The Hall–Kier alpha value is -2.09. The van der Waals surface area contributed by atoms with Crippen LogP contribution in [0.5, 0.6) is 0 Å². The van der Waals surface area contributed by atoms with Crippen LogP contribution < -0.4 is 0 Å². The Labute approximate surface area is 119 Å². The van der Waals surface area contributed by atoms with Crippen LogP contribution in [0.2, 0.25) is 0 Å². The number of carbonyl (C=O) groups excluding carboxylic acids is 1. The fourth-order valence-electron chi connectivity index (χ4n) is 3.18. The highest BCUT2D eigenvalue weighted by Gasteiger charge is 2.20. The van der Waals surface area contributed by atoms with Gasteiger partial charge in [-0.15, -0.1) is 0 Å². The SMILES string of the molecule is COC(=O)c1ccc2c(c1)-c1c(C)cc(C)cc1CC2. The van der Waals surface area contributed by atoms with Gasteiger partial charge in [-0.2, -0.15) is 0 Å². The van der Waals surface area contributed by atoms with E-state index in [0.29, 0.717) is 5.56 Å². The first-order valence-electron chi connectivity index (χ1n) is 6.92. The van der Waals surface area contributed by atoms with E-state index in [1.54, 1.807) is 0 Å². The number of hydrogen-bond acceptors (Lipinski definition) is 2. The molecule has 2 aromatic carbocycles. The molecule has 0 radical (unpaired) electrons. The number of aryl methyl sites for hydroxylation is 4. The van der Waals surface area contributed by atoms with E-state index in [1.165, 1.54) is 40.5 Å². The average molecular weight is 266 g/mol. The maximum atomic E-state index is 11.7. The molecule has 0 atom stereocenters. The predicted molar refractivity (Wildman–Crippen MR) is 80.1 cm³/mol. The summed E-state index contributed by atoms with van der Waals surface area (Å²) in [5.41, 5.74) is 8.39. The topological polar surface area (TPSA) is 26.3 Å². The summed E-state index contributed by atoms with van der Waals surface area (Å²) in [6.45, 7) is 4.28. The van der Waals surface area contributed by atoms with Gasteiger partial charge in [0, 0.05) is 0 Å². The van der Waals surface area contributed by atoms with Gasteiger partial charge in [-0.3, -0.25) is 0 Å². The highest BCUT2D eigenvalue weighted by molar-refractivity contribution is 5.92. The van der Waals surface area contributed by atoms with Crippen molar-refractivity contribution in [3.05, 3.63) is 58.1 Å². The number of carbonyl (C=O) groups is 1. The molecule has 2 nitrogen and oxygen atoms in total. The third kappa shape index (κ3) is 2.01. The molecular weight excluding hydrogens is 248 g/mol. The summed E-state index contributed by atoms with van der Waals surface area (Å²) in [5.74, 6) is -0.273. The van der Waals surface area contributed by atoms with Crippen molar-refractivity contribution in [1.82, 2.24) is 0 Å². The zero-order valence-corrected chi connectivity index (χ0v) is 12.1. The van der Waals surface area contributed by atoms with Gasteiger partial charge in [-0.05, 0) is 66.6 Å². The van der Waals surface area contributed by atoms with E-state index >= 15 is 0 Å². The van der Waals surface area contributed by atoms with Crippen LogP contribution in [0.25, 0.3) is 11.1 Å². The number of methoxy groups -OCH3 is 1. The smallest absolute Gasteiger partial charge is 0.337 e. The molecule has 0 aliphatic heterocycles. The fraction of sp³-hybridized carbons (Fsp3) is 0.278. The first-order chi connectivity index (χ1) is 9.60. The summed E-state index contributed by atoms with van der Waals surface area (Å²) in [6, 6.07) is 10.4. The molecule has 1 aliphatic rings. The summed E-state index contributed by atoms with van der Waals surface area (Å²) >= 11 is 0. The number of fused-ring (bicyclic) bond motifs is 3. The highest BCUT2D eigenvalue weighted by Crippen LogP contribution is 2.37. The number of ether oxygens (including phenoxy) is 1. The fourth-order valence-corrected chi connectivity index (χ4v) is 3.18. The highest BCUT2D eigenvalue weighted by atomic mass is 16.5. The van der Waals surface area contributed by atoms with Gasteiger partial charge in [0.05, 0.1) is 12.7 Å². The van der Waals surface area contributed by atoms with Crippen molar-refractivity contribution in [2.75, 3.05) is 7.11 Å². The van der Waals surface area contributed by atoms with Crippen molar-refractivity contribution >= 4 is 5.97 Å². The molecule has 0 unspecified atom stereocenters. The molecule has 0 heterocycles. The van der Waals surface area contributed by atoms with Crippen molar-refractivity contribution in [2.24, 2.45) is 0 Å². The van der Waals surface area contributed by atoms with Gasteiger partial charge in [0.2, 0.25) is 0 Å². The van der Waals surface area contributed by atoms with E-state index in [0.717, 1.165) is 12.8 Å². The van der Waals surface area contributed by atoms with Crippen molar-refractivity contribution < 1.29 is 9.53 Å². The Morgan fingerprint density at radius 3 is 2.55 bits per heavy atom. The molecule has 20 heavy (non-hydrogen) atoms. The molecule has 0 amide bonds. The second-order valence-electron chi connectivity index (χ2n) is 5.48. The molecule has 0 fully saturated rings. The third-order valence-corrected chi connectivity index (χ3v) is 4.03. The van der Waals surface area contributed by atoms with Crippen molar-refractivity contribution in [3.63, 3.8) is 0 Å². The summed E-state index contributed by atoms with van der Waals surface area (Å²) in [6.07, 6.45) is 2.11. The molecule has 0 saturated carbocycles. The second kappa shape index (κ2) is 4.78. The van der Waals surface area contributed by atoms with Crippen LogP contribution >= 0.6 is 0 Å². The minimum Gasteiger partial charge on any atom is -0.465 e. The third-order valence-electron chi connectivity index (χ3n) is 4.03. The molecule has 0 saturated heterocycles. The Bertz CT molecular complexity index is 699. The monoisotopic (exact) mass is 266 g/mol. The number of hydrogen-bond donors (Lipinski definition) is 0. The lowest BCUT2D eigenvalue weighted by atomic mass is 9.82. The van der Waals surface area contributed by atoms with Crippen LogP contribution in [0, 0.1) is 13.8 Å². The number of benzene rings is 2. The van der Waals surface area contributed by atoms with Gasteiger partial charge in [-0.25, -0.2) is 4.79 Å². The van der Waals surface area contributed by atoms with Crippen LogP contribution in [0.4, 0.5) is 0 Å². The summed E-state index contributed by atoms with van der Waals surface area (Å²) in [4.78, 5) is 11.7. The Morgan fingerprint density at radius 1 is 1.05 bits per heavy atom. The van der Waals surface area contributed by atoms with Gasteiger partial charge in [0.25, 0.3) is 0 Å². The number of esters is 1. The predicted octanol–water partition coefficient (Wildman–Crippen LogP) is 3.86. The lowest BCUT2D eigenvalue weighted by Crippen LogP contribution is -2.08. The summed E-state index contributed by atoms with van der Waals surface area (Å²) in [5, 5.41) is 0. The Balaban J connectivity index is 2.22. The van der Waals surface area contributed by atoms with Gasteiger partial charge in [0.1, 0.15) is 0 Å². The van der Waals surface area contributed by atoms with Gasteiger partial charge >= 0.3 is 5.97 Å². The first kappa shape index (κ1) is 12.9. The van der Waals surface area contributed by atoms with Crippen LogP contribution in [-0.2, 0) is 17.6 Å². The lowest BCUT2D eigenvalue weighted by molar-refractivity contribution is 0.0601. The molecule has 3 rings (SSSR count). The molecule has 0 spiro atoms. The first-order valence-corrected chi connectivity index (χ1v) is 6.92. The van der Waals surface area contributed by atoms with E-state index in [9.17, 15) is 4.79 Å². The molecule has 2 aromatic rings. The molecule has 0 bridgehead atoms. The molecule has 0 N–H and O–H groups in total. The zero-order valence-electron chi connectivity index (χ0n) is 12.1. The van der Waals surface area contributed by atoms with Crippen LogP contribution in [0.3, 0.4) is 0 Å². The van der Waals surface area contributed by atoms with Crippen molar-refractivity contribution in [3.8, 4) is 11.1 Å². The summed E-state index contributed by atoms with van der Waals surface area (Å²) in [7, 11) is 1.42. The molecular formula is C18H18O2. The van der Waals surface area contributed by atoms with Crippen molar-refractivity contribution in [2.45, 2.75) is 26.7 Å². The van der Waals surface area contributed by atoms with E-state index in [-0.39, 0.29) is 5.97 Å². The molecule has 1 aliphatic carbocycles. The maximum Gasteiger partial charge on any atom is 0.337 e. The van der Waals surface area contributed by atoms with E-state index in [1.807, 2.05) is 12.1 Å². The van der Waals surface area contributed by atoms with E-state index in [4.69, 9.17) is 4.74 Å². The summed E-state index contributed by atoms with van der Waals surface area (Å²) < 4.78 is 4.83. The minimum atomic E-state index is -0.273. The standard InChI is InChI=1S/C18H18O2/c1-11-8-12(2)17-14(9-11)6-4-13-5-7-15(10-16(13)17)18(19)20-3/h5,7-10H,4,6H2,1-3H3. The van der Waals surface area contributed by atoms with Gasteiger partial charge in [0.15, 0.2) is 0 Å².